The zero-order valence-electron chi connectivity index (χ0n) is 6.67. The average Bonchev–Trinajstić information content (AvgIpc) is 2.05. The minimum atomic E-state index is 0.117. The molecule has 0 aliphatic rings. The lowest BCUT2D eigenvalue weighted by Gasteiger charge is -2.02. The van der Waals surface area contributed by atoms with Gasteiger partial charge in [0.25, 0.3) is 0 Å². The summed E-state index contributed by atoms with van der Waals surface area (Å²) in [4.78, 5) is 1.28. The molecule has 11 heavy (non-hydrogen) atoms. The van der Waals surface area contributed by atoms with Crippen molar-refractivity contribution in [2.75, 3.05) is 6.26 Å². The molecule has 0 heterocycles. The molecule has 0 aliphatic heterocycles. The van der Waals surface area contributed by atoms with Crippen molar-refractivity contribution < 1.29 is 0 Å². The van der Waals surface area contributed by atoms with Crippen molar-refractivity contribution in [2.24, 2.45) is 0 Å². The van der Waals surface area contributed by atoms with Gasteiger partial charge in [0.15, 0.2) is 0 Å². The summed E-state index contributed by atoms with van der Waals surface area (Å²) >= 11 is 7.64. The largest absolute Gasteiger partial charge is 0.130 e. The molecular formula is C9H11ClS. The summed E-state index contributed by atoms with van der Waals surface area (Å²) in [6.07, 6.45) is 2.07. The maximum Gasteiger partial charge on any atom is 0.0557 e. The Morgan fingerprint density at radius 2 is 1.82 bits per heavy atom. The van der Waals surface area contributed by atoms with E-state index in [-0.39, 0.29) is 5.38 Å². The maximum atomic E-state index is 5.89. The van der Waals surface area contributed by atoms with E-state index in [1.807, 2.05) is 6.92 Å². The smallest absolute Gasteiger partial charge is 0.0557 e. The van der Waals surface area contributed by atoms with Gasteiger partial charge in [-0.1, -0.05) is 12.1 Å². The van der Waals surface area contributed by atoms with Crippen molar-refractivity contribution in [3.8, 4) is 0 Å². The van der Waals surface area contributed by atoms with Gasteiger partial charge in [-0.05, 0) is 30.9 Å². The molecule has 0 bridgehead atoms. The van der Waals surface area contributed by atoms with Crippen LogP contribution in [0, 0.1) is 0 Å². The quantitative estimate of drug-likeness (QED) is 0.501. The first-order valence-electron chi connectivity index (χ1n) is 3.52. The van der Waals surface area contributed by atoms with Crippen molar-refractivity contribution in [2.45, 2.75) is 17.2 Å². The van der Waals surface area contributed by atoms with Crippen molar-refractivity contribution in [1.82, 2.24) is 0 Å². The molecule has 1 aromatic rings. The molecule has 1 atom stereocenters. The van der Waals surface area contributed by atoms with Crippen LogP contribution in [0.1, 0.15) is 17.9 Å². The molecule has 0 spiro atoms. The van der Waals surface area contributed by atoms with Crippen LogP contribution in [-0.2, 0) is 0 Å². The van der Waals surface area contributed by atoms with Crippen LogP contribution < -0.4 is 0 Å². The standard InChI is InChI=1S/C9H11ClS/c1-7(10)8-3-5-9(11-2)6-4-8/h3-7H,1-2H3. The van der Waals surface area contributed by atoms with Gasteiger partial charge >= 0.3 is 0 Å². The molecule has 0 fully saturated rings. The summed E-state index contributed by atoms with van der Waals surface area (Å²) in [5.41, 5.74) is 1.18. The Hall–Kier alpha value is -0.140. The van der Waals surface area contributed by atoms with Gasteiger partial charge in [0.05, 0.1) is 5.38 Å². The highest BCUT2D eigenvalue weighted by molar-refractivity contribution is 7.98. The van der Waals surface area contributed by atoms with Gasteiger partial charge in [0, 0.05) is 4.90 Å². The van der Waals surface area contributed by atoms with Gasteiger partial charge in [0.2, 0.25) is 0 Å². The normalized spacial score (nSPS) is 13.0. The second-order valence-corrected chi connectivity index (χ2v) is 3.92. The fourth-order valence-corrected chi connectivity index (χ4v) is 1.42. The third kappa shape index (κ3) is 2.42. The molecular weight excluding hydrogens is 176 g/mol. The minimum Gasteiger partial charge on any atom is -0.130 e. The molecule has 0 saturated heterocycles. The van der Waals surface area contributed by atoms with E-state index in [1.165, 1.54) is 10.5 Å². The molecule has 0 N–H and O–H groups in total. The lowest BCUT2D eigenvalue weighted by Crippen LogP contribution is -1.82. The lowest BCUT2D eigenvalue weighted by molar-refractivity contribution is 1.08. The SMILES string of the molecule is CSc1ccc(C(C)Cl)cc1. The van der Waals surface area contributed by atoms with Gasteiger partial charge in [-0.25, -0.2) is 0 Å². The molecule has 0 amide bonds. The van der Waals surface area contributed by atoms with Crippen LogP contribution in [0.4, 0.5) is 0 Å². The third-order valence-electron chi connectivity index (χ3n) is 1.58. The number of hydrogen-bond donors (Lipinski definition) is 0. The number of thioether (sulfide) groups is 1. The lowest BCUT2D eigenvalue weighted by atomic mass is 10.2. The predicted octanol–water partition coefficient (Wildman–Crippen LogP) is 3.71. The Morgan fingerprint density at radius 3 is 2.18 bits per heavy atom. The summed E-state index contributed by atoms with van der Waals surface area (Å²) in [6.45, 7) is 1.98. The summed E-state index contributed by atoms with van der Waals surface area (Å²) in [6, 6.07) is 8.34. The van der Waals surface area contributed by atoms with Crippen LogP contribution >= 0.6 is 23.4 Å². The van der Waals surface area contributed by atoms with E-state index in [0.717, 1.165) is 0 Å². The zero-order chi connectivity index (χ0) is 8.27. The molecule has 0 aromatic heterocycles. The number of halogens is 1. The first-order chi connectivity index (χ1) is 5.24. The molecule has 1 aromatic carbocycles. The molecule has 0 aliphatic carbocycles. The van der Waals surface area contributed by atoms with E-state index in [1.54, 1.807) is 11.8 Å². The summed E-state index contributed by atoms with van der Waals surface area (Å²) < 4.78 is 0. The minimum absolute atomic E-state index is 0.117. The second kappa shape index (κ2) is 4.03. The monoisotopic (exact) mass is 186 g/mol. The van der Waals surface area contributed by atoms with Gasteiger partial charge in [-0.3, -0.25) is 0 Å². The Bertz CT molecular complexity index is 216. The first-order valence-corrected chi connectivity index (χ1v) is 5.18. The molecule has 1 unspecified atom stereocenters. The van der Waals surface area contributed by atoms with Crippen LogP contribution in [-0.4, -0.2) is 6.26 Å². The van der Waals surface area contributed by atoms with Crippen LogP contribution in [0.2, 0.25) is 0 Å². The Balaban J connectivity index is 2.83. The predicted molar refractivity (Wildman–Crippen MR) is 52.5 cm³/mol. The topological polar surface area (TPSA) is 0 Å². The summed E-state index contributed by atoms with van der Waals surface area (Å²) in [7, 11) is 0. The van der Waals surface area contributed by atoms with Crippen LogP contribution in [0.15, 0.2) is 29.2 Å². The van der Waals surface area contributed by atoms with Crippen molar-refractivity contribution in [1.29, 1.82) is 0 Å². The molecule has 0 radical (unpaired) electrons. The maximum absolute atomic E-state index is 5.89. The number of rotatable bonds is 2. The molecule has 2 heteroatoms. The van der Waals surface area contributed by atoms with Crippen LogP contribution in [0.5, 0.6) is 0 Å². The van der Waals surface area contributed by atoms with Crippen molar-refractivity contribution in [3.63, 3.8) is 0 Å². The van der Waals surface area contributed by atoms with Gasteiger partial charge in [-0.15, -0.1) is 23.4 Å². The van der Waals surface area contributed by atoms with Gasteiger partial charge < -0.3 is 0 Å². The zero-order valence-corrected chi connectivity index (χ0v) is 8.25. The van der Waals surface area contributed by atoms with Crippen molar-refractivity contribution in [3.05, 3.63) is 29.8 Å². The first kappa shape index (κ1) is 8.95. The second-order valence-electron chi connectivity index (χ2n) is 2.39. The van der Waals surface area contributed by atoms with Gasteiger partial charge in [0.1, 0.15) is 0 Å². The fourth-order valence-electron chi connectivity index (χ4n) is 0.869. The summed E-state index contributed by atoms with van der Waals surface area (Å²) in [5, 5.41) is 0.117. The van der Waals surface area contributed by atoms with E-state index >= 15 is 0 Å². The Morgan fingerprint density at radius 1 is 1.27 bits per heavy atom. The Kier molecular flexibility index (Phi) is 3.28. The van der Waals surface area contributed by atoms with E-state index in [0.29, 0.717) is 0 Å². The highest BCUT2D eigenvalue weighted by atomic mass is 35.5. The van der Waals surface area contributed by atoms with E-state index in [2.05, 4.69) is 30.5 Å². The Labute approximate surface area is 77.0 Å². The average molecular weight is 187 g/mol. The highest BCUT2D eigenvalue weighted by Gasteiger charge is 1.98. The number of alkyl halides is 1. The molecule has 0 nitrogen and oxygen atoms in total. The highest BCUT2D eigenvalue weighted by Crippen LogP contribution is 2.22. The third-order valence-corrected chi connectivity index (χ3v) is 2.57. The van der Waals surface area contributed by atoms with E-state index in [9.17, 15) is 0 Å². The molecule has 60 valence electrons. The van der Waals surface area contributed by atoms with Crippen LogP contribution in [0.3, 0.4) is 0 Å². The molecule has 1 rings (SSSR count). The van der Waals surface area contributed by atoms with E-state index < -0.39 is 0 Å². The summed E-state index contributed by atoms with van der Waals surface area (Å²) in [5.74, 6) is 0. The molecule has 0 saturated carbocycles. The van der Waals surface area contributed by atoms with Gasteiger partial charge in [-0.2, -0.15) is 0 Å². The van der Waals surface area contributed by atoms with Crippen molar-refractivity contribution >= 4 is 23.4 Å². The van der Waals surface area contributed by atoms with Crippen LogP contribution in [0.25, 0.3) is 0 Å². The van der Waals surface area contributed by atoms with E-state index in [4.69, 9.17) is 11.6 Å². The number of benzene rings is 1. The number of hydrogen-bond acceptors (Lipinski definition) is 1. The fraction of sp³-hybridized carbons (Fsp3) is 0.333.